The van der Waals surface area contributed by atoms with Crippen LogP contribution in [0.4, 0.5) is 8.78 Å². The van der Waals surface area contributed by atoms with E-state index in [-0.39, 0.29) is 4.83 Å². The monoisotopic (exact) mass is 172 g/mol. The van der Waals surface area contributed by atoms with Gasteiger partial charge >= 0.3 is 0 Å². The highest BCUT2D eigenvalue weighted by Gasteiger charge is 2.10. The maximum atomic E-state index is 11.8. The summed E-state index contributed by atoms with van der Waals surface area (Å²) in [7, 11) is 0. The molecule has 7 heavy (non-hydrogen) atoms. The molecule has 0 aromatic heterocycles. The molecule has 3 heteroatoms. The topological polar surface area (TPSA) is 0 Å². The molecule has 0 saturated heterocycles. The molecule has 0 aliphatic rings. The molecule has 0 aromatic carbocycles. The highest BCUT2D eigenvalue weighted by molar-refractivity contribution is 9.09. The fraction of sp³-hybridized carbons (Fsp3) is 1.00. The van der Waals surface area contributed by atoms with Crippen LogP contribution in [0.3, 0.4) is 0 Å². The normalized spacial score (nSPS) is 18.9. The fourth-order valence-electron chi connectivity index (χ4n) is 0.123. The summed E-state index contributed by atoms with van der Waals surface area (Å²) in [4.78, 5) is -0.363. The SMILES string of the molecule is C[C@H](Br)C(F)CF. The van der Waals surface area contributed by atoms with Crippen LogP contribution in [0.15, 0.2) is 0 Å². The summed E-state index contributed by atoms with van der Waals surface area (Å²) in [6, 6.07) is 0. The Hall–Kier alpha value is 0.340. The maximum Gasteiger partial charge on any atom is 0.140 e. The second-order valence-electron chi connectivity index (χ2n) is 1.35. The van der Waals surface area contributed by atoms with Crippen molar-refractivity contribution in [2.24, 2.45) is 0 Å². The van der Waals surface area contributed by atoms with Crippen LogP contribution in [0, 0.1) is 0 Å². The molecule has 0 aliphatic carbocycles. The van der Waals surface area contributed by atoms with E-state index in [0.29, 0.717) is 0 Å². The summed E-state index contributed by atoms with van der Waals surface area (Å²) in [5, 5.41) is 0. The first-order chi connectivity index (χ1) is 3.18. The van der Waals surface area contributed by atoms with E-state index in [9.17, 15) is 8.78 Å². The number of alkyl halides is 3. The minimum absolute atomic E-state index is 0.363. The van der Waals surface area contributed by atoms with Crippen LogP contribution in [0.5, 0.6) is 0 Å². The fourth-order valence-corrected chi connectivity index (χ4v) is 0.264. The van der Waals surface area contributed by atoms with Crippen molar-refractivity contribution in [2.75, 3.05) is 6.67 Å². The van der Waals surface area contributed by atoms with Crippen molar-refractivity contribution in [1.82, 2.24) is 0 Å². The molecule has 0 aliphatic heterocycles. The first-order valence-corrected chi connectivity index (χ1v) is 2.94. The summed E-state index contributed by atoms with van der Waals surface area (Å²) in [6.45, 7) is 0.677. The van der Waals surface area contributed by atoms with Gasteiger partial charge in [0.25, 0.3) is 0 Å². The Balaban J connectivity index is 3.14. The molecule has 0 saturated carbocycles. The standard InChI is InChI=1S/C4H7BrF2/c1-3(5)4(7)2-6/h3-4H,2H2,1H3/t3-,4?/m0/s1. The number of hydrogen-bond acceptors (Lipinski definition) is 0. The molecule has 0 rings (SSSR count). The molecule has 2 atom stereocenters. The molecule has 0 heterocycles. The smallest absolute Gasteiger partial charge is 0.140 e. The Labute approximate surface area is 50.0 Å². The van der Waals surface area contributed by atoms with Crippen LogP contribution in [0.2, 0.25) is 0 Å². The maximum absolute atomic E-state index is 11.8. The van der Waals surface area contributed by atoms with Gasteiger partial charge in [0.2, 0.25) is 0 Å². The first-order valence-electron chi connectivity index (χ1n) is 2.02. The van der Waals surface area contributed by atoms with Crippen LogP contribution in [-0.2, 0) is 0 Å². The van der Waals surface area contributed by atoms with Gasteiger partial charge < -0.3 is 0 Å². The summed E-state index contributed by atoms with van der Waals surface area (Å²) >= 11 is 2.88. The van der Waals surface area contributed by atoms with Crippen molar-refractivity contribution in [3.8, 4) is 0 Å². The predicted octanol–water partition coefficient (Wildman–Crippen LogP) is 2.08. The zero-order chi connectivity index (χ0) is 5.86. The van der Waals surface area contributed by atoms with Gasteiger partial charge in [-0.3, -0.25) is 0 Å². The van der Waals surface area contributed by atoms with Gasteiger partial charge in [0.1, 0.15) is 12.8 Å². The van der Waals surface area contributed by atoms with Crippen molar-refractivity contribution >= 4 is 15.9 Å². The average molecular weight is 173 g/mol. The molecule has 0 fully saturated rings. The lowest BCUT2D eigenvalue weighted by Crippen LogP contribution is -2.12. The molecule has 0 aromatic rings. The average Bonchev–Trinajstić information content (AvgIpc) is 1.65. The van der Waals surface area contributed by atoms with Crippen LogP contribution in [-0.4, -0.2) is 17.7 Å². The first kappa shape index (κ1) is 7.34. The van der Waals surface area contributed by atoms with Gasteiger partial charge in [0.15, 0.2) is 0 Å². The second-order valence-corrected chi connectivity index (χ2v) is 2.79. The predicted molar refractivity (Wildman–Crippen MR) is 29.3 cm³/mol. The quantitative estimate of drug-likeness (QED) is 0.560. The van der Waals surface area contributed by atoms with E-state index in [2.05, 4.69) is 15.9 Å². The molecule has 0 bridgehead atoms. The van der Waals surface area contributed by atoms with Gasteiger partial charge in [0.05, 0.1) is 0 Å². The number of halogens is 3. The van der Waals surface area contributed by atoms with Crippen LogP contribution >= 0.6 is 15.9 Å². The van der Waals surface area contributed by atoms with E-state index in [1.807, 2.05) is 0 Å². The largest absolute Gasteiger partial charge is 0.248 e. The van der Waals surface area contributed by atoms with Gasteiger partial charge in [-0.1, -0.05) is 15.9 Å². The molecule has 1 unspecified atom stereocenters. The van der Waals surface area contributed by atoms with Gasteiger partial charge in [-0.15, -0.1) is 0 Å². The third-order valence-corrected chi connectivity index (χ3v) is 1.22. The van der Waals surface area contributed by atoms with Crippen LogP contribution < -0.4 is 0 Å². The molecule has 0 spiro atoms. The third kappa shape index (κ3) is 2.97. The summed E-state index contributed by atoms with van der Waals surface area (Å²) in [5.41, 5.74) is 0. The minimum atomic E-state index is -1.35. The summed E-state index contributed by atoms with van der Waals surface area (Å²) in [5.74, 6) is 0. The minimum Gasteiger partial charge on any atom is -0.248 e. The van der Waals surface area contributed by atoms with Crippen molar-refractivity contribution in [3.63, 3.8) is 0 Å². The van der Waals surface area contributed by atoms with Crippen molar-refractivity contribution in [3.05, 3.63) is 0 Å². The Morgan fingerprint density at radius 3 is 2.14 bits per heavy atom. The van der Waals surface area contributed by atoms with E-state index in [1.54, 1.807) is 6.92 Å². The second kappa shape index (κ2) is 3.36. The van der Waals surface area contributed by atoms with Gasteiger partial charge in [-0.25, -0.2) is 8.78 Å². The Morgan fingerprint density at radius 1 is 1.71 bits per heavy atom. The molecule has 0 nitrogen and oxygen atoms in total. The number of hydrogen-bond donors (Lipinski definition) is 0. The van der Waals surface area contributed by atoms with Gasteiger partial charge in [-0.2, -0.15) is 0 Å². The Bertz CT molecular complexity index is 47.0. The highest BCUT2D eigenvalue weighted by atomic mass is 79.9. The van der Waals surface area contributed by atoms with Gasteiger partial charge in [-0.05, 0) is 6.92 Å². The zero-order valence-electron chi connectivity index (χ0n) is 4.00. The third-order valence-electron chi connectivity index (χ3n) is 0.646. The molecular formula is C4H7BrF2. The van der Waals surface area contributed by atoms with Gasteiger partial charge in [0, 0.05) is 4.83 Å². The Kier molecular flexibility index (Phi) is 3.52. The van der Waals surface area contributed by atoms with E-state index in [0.717, 1.165) is 0 Å². The number of rotatable bonds is 2. The van der Waals surface area contributed by atoms with E-state index in [1.165, 1.54) is 0 Å². The Morgan fingerprint density at radius 2 is 2.14 bits per heavy atom. The van der Waals surface area contributed by atoms with Crippen molar-refractivity contribution in [2.45, 2.75) is 17.9 Å². The lowest BCUT2D eigenvalue weighted by molar-refractivity contribution is 0.262. The lowest BCUT2D eigenvalue weighted by atomic mass is 10.3. The molecule has 44 valence electrons. The van der Waals surface area contributed by atoms with Crippen LogP contribution in [0.25, 0.3) is 0 Å². The summed E-state index contributed by atoms with van der Waals surface area (Å²) in [6.07, 6.45) is -1.35. The highest BCUT2D eigenvalue weighted by Crippen LogP contribution is 2.07. The summed E-state index contributed by atoms with van der Waals surface area (Å²) < 4.78 is 23.1. The van der Waals surface area contributed by atoms with Crippen molar-refractivity contribution in [1.29, 1.82) is 0 Å². The molecule has 0 radical (unpaired) electrons. The molecular weight excluding hydrogens is 166 g/mol. The van der Waals surface area contributed by atoms with E-state index in [4.69, 9.17) is 0 Å². The molecule has 0 N–H and O–H groups in total. The van der Waals surface area contributed by atoms with Crippen LogP contribution in [0.1, 0.15) is 6.92 Å². The van der Waals surface area contributed by atoms with E-state index >= 15 is 0 Å². The lowest BCUT2D eigenvalue weighted by Gasteiger charge is -2.02. The zero-order valence-corrected chi connectivity index (χ0v) is 5.58. The van der Waals surface area contributed by atoms with Crippen molar-refractivity contribution < 1.29 is 8.78 Å². The van der Waals surface area contributed by atoms with E-state index < -0.39 is 12.8 Å². The molecule has 0 amide bonds.